The molecule has 1 fully saturated rings. The van der Waals surface area contributed by atoms with Gasteiger partial charge in [0.25, 0.3) is 0 Å². The molecule has 1 aromatic rings. The number of carbonyl (C=O) groups is 1. The van der Waals surface area contributed by atoms with Crippen LogP contribution in [0.5, 0.6) is 0 Å². The zero-order valence-corrected chi connectivity index (χ0v) is 13.6. The van der Waals surface area contributed by atoms with Gasteiger partial charge in [-0.2, -0.15) is 0 Å². The molecular formula is C18H28N2O. The molecule has 1 aliphatic heterocycles. The van der Waals surface area contributed by atoms with Crippen LogP contribution in [0.2, 0.25) is 0 Å². The molecule has 1 aliphatic rings. The highest BCUT2D eigenvalue weighted by Gasteiger charge is 2.38. The Morgan fingerprint density at radius 3 is 2.43 bits per heavy atom. The van der Waals surface area contributed by atoms with Crippen molar-refractivity contribution >= 4 is 5.91 Å². The van der Waals surface area contributed by atoms with Crippen LogP contribution in [0.4, 0.5) is 0 Å². The molecule has 1 heterocycles. The molecular weight excluding hydrogens is 260 g/mol. The number of unbranched alkanes of at least 4 members (excludes halogenated alkanes) is 2. The van der Waals surface area contributed by atoms with Crippen LogP contribution in [0.25, 0.3) is 0 Å². The molecule has 0 radical (unpaired) electrons. The number of hydrogen-bond acceptors (Lipinski definition) is 2. The van der Waals surface area contributed by atoms with Crippen molar-refractivity contribution in [2.45, 2.75) is 65.1 Å². The summed E-state index contributed by atoms with van der Waals surface area (Å²) in [5.41, 5.74) is 2.45. The third-order valence-electron chi connectivity index (χ3n) is 4.22. The third kappa shape index (κ3) is 3.85. The van der Waals surface area contributed by atoms with Crippen LogP contribution in [0.1, 0.15) is 63.2 Å². The molecule has 0 aromatic heterocycles. The summed E-state index contributed by atoms with van der Waals surface area (Å²) in [7, 11) is 0. The van der Waals surface area contributed by atoms with E-state index in [1.165, 1.54) is 24.0 Å². The van der Waals surface area contributed by atoms with Gasteiger partial charge in [-0.3, -0.25) is 10.1 Å². The zero-order chi connectivity index (χ0) is 15.2. The molecule has 1 amide bonds. The zero-order valence-electron chi connectivity index (χ0n) is 13.6. The van der Waals surface area contributed by atoms with E-state index in [4.69, 9.17) is 0 Å². The van der Waals surface area contributed by atoms with Crippen LogP contribution in [-0.2, 0) is 4.79 Å². The number of nitrogens with zero attached hydrogens (tertiary/aromatic N) is 1. The number of amides is 1. The summed E-state index contributed by atoms with van der Waals surface area (Å²) < 4.78 is 0. The van der Waals surface area contributed by atoms with E-state index in [1.807, 2.05) is 4.90 Å². The Bertz CT molecular complexity index is 455. The predicted octanol–water partition coefficient (Wildman–Crippen LogP) is 3.78. The first-order valence-corrected chi connectivity index (χ1v) is 8.30. The van der Waals surface area contributed by atoms with Gasteiger partial charge in [0.05, 0.1) is 6.04 Å². The molecule has 3 nitrogen and oxygen atoms in total. The van der Waals surface area contributed by atoms with Crippen molar-refractivity contribution in [3.05, 3.63) is 35.4 Å². The maximum Gasteiger partial charge on any atom is 0.241 e. The Morgan fingerprint density at radius 1 is 1.10 bits per heavy atom. The largest absolute Gasteiger partial charge is 0.322 e. The van der Waals surface area contributed by atoms with E-state index in [2.05, 4.69) is 50.4 Å². The second kappa shape index (κ2) is 7.60. The van der Waals surface area contributed by atoms with E-state index in [1.54, 1.807) is 0 Å². The maximum absolute atomic E-state index is 12.6. The van der Waals surface area contributed by atoms with Gasteiger partial charge in [-0.1, -0.05) is 62.9 Å². The lowest BCUT2D eigenvalue weighted by Gasteiger charge is -2.24. The number of carbonyl (C=O) groups excluding carboxylic acids is 1. The van der Waals surface area contributed by atoms with E-state index in [0.29, 0.717) is 0 Å². The fourth-order valence-electron chi connectivity index (χ4n) is 2.97. The summed E-state index contributed by atoms with van der Waals surface area (Å²) in [6, 6.07) is 8.52. The van der Waals surface area contributed by atoms with E-state index in [0.717, 1.165) is 25.8 Å². The lowest BCUT2D eigenvalue weighted by molar-refractivity contribution is -0.130. The highest BCUT2D eigenvalue weighted by molar-refractivity contribution is 5.84. The Hall–Kier alpha value is -1.35. The quantitative estimate of drug-likeness (QED) is 0.774. The second-order valence-corrected chi connectivity index (χ2v) is 6.06. The summed E-state index contributed by atoms with van der Waals surface area (Å²) in [6.07, 6.45) is 5.46. The van der Waals surface area contributed by atoms with Crippen LogP contribution in [0, 0.1) is 6.92 Å². The van der Waals surface area contributed by atoms with E-state index < -0.39 is 0 Å². The number of benzene rings is 1. The lowest BCUT2D eigenvalue weighted by Crippen LogP contribution is -2.32. The predicted molar refractivity (Wildman–Crippen MR) is 87.0 cm³/mol. The van der Waals surface area contributed by atoms with Gasteiger partial charge in [-0.25, -0.2) is 0 Å². The smallest absolute Gasteiger partial charge is 0.241 e. The maximum atomic E-state index is 12.6. The van der Waals surface area contributed by atoms with Crippen molar-refractivity contribution in [2.24, 2.45) is 0 Å². The molecule has 116 valence electrons. The molecule has 0 aliphatic carbocycles. The van der Waals surface area contributed by atoms with Crippen LogP contribution in [-0.4, -0.2) is 23.4 Å². The molecule has 2 unspecified atom stereocenters. The molecule has 2 atom stereocenters. The van der Waals surface area contributed by atoms with Crippen LogP contribution >= 0.6 is 0 Å². The van der Waals surface area contributed by atoms with Crippen LogP contribution in [0.3, 0.4) is 0 Å². The summed E-state index contributed by atoms with van der Waals surface area (Å²) in [5, 5.41) is 3.53. The van der Waals surface area contributed by atoms with Crippen molar-refractivity contribution in [1.82, 2.24) is 10.2 Å². The molecule has 2 rings (SSSR count). The van der Waals surface area contributed by atoms with Gasteiger partial charge >= 0.3 is 0 Å². The molecule has 3 heteroatoms. The Labute approximate surface area is 128 Å². The summed E-state index contributed by atoms with van der Waals surface area (Å²) in [5.74, 6) is 0.276. The van der Waals surface area contributed by atoms with Gasteiger partial charge in [0.2, 0.25) is 5.91 Å². The van der Waals surface area contributed by atoms with Crippen LogP contribution < -0.4 is 5.32 Å². The number of aryl methyl sites for hydroxylation is 1. The van der Waals surface area contributed by atoms with Crippen molar-refractivity contribution in [3.8, 4) is 0 Å². The van der Waals surface area contributed by atoms with E-state index >= 15 is 0 Å². The summed E-state index contributed by atoms with van der Waals surface area (Å²) >= 11 is 0. The fourth-order valence-corrected chi connectivity index (χ4v) is 2.97. The highest BCUT2D eigenvalue weighted by atomic mass is 16.2. The molecule has 1 aromatic carbocycles. The van der Waals surface area contributed by atoms with E-state index in [-0.39, 0.29) is 18.1 Å². The van der Waals surface area contributed by atoms with E-state index in [9.17, 15) is 4.79 Å². The fraction of sp³-hybridized carbons (Fsp3) is 0.611. The van der Waals surface area contributed by atoms with Crippen molar-refractivity contribution in [3.63, 3.8) is 0 Å². The van der Waals surface area contributed by atoms with Crippen molar-refractivity contribution in [1.29, 1.82) is 0 Å². The van der Waals surface area contributed by atoms with Gasteiger partial charge in [0, 0.05) is 6.54 Å². The lowest BCUT2D eigenvalue weighted by atomic mass is 10.1. The molecule has 0 bridgehead atoms. The molecule has 0 spiro atoms. The third-order valence-corrected chi connectivity index (χ3v) is 4.22. The first-order chi connectivity index (χ1) is 10.2. The summed E-state index contributed by atoms with van der Waals surface area (Å²) in [4.78, 5) is 14.6. The van der Waals surface area contributed by atoms with Crippen molar-refractivity contribution < 1.29 is 4.79 Å². The summed E-state index contributed by atoms with van der Waals surface area (Å²) in [6.45, 7) is 7.28. The Balaban J connectivity index is 2.14. The molecule has 1 saturated heterocycles. The number of nitrogens with one attached hydrogen (secondary N) is 1. The average molecular weight is 288 g/mol. The molecule has 0 saturated carbocycles. The van der Waals surface area contributed by atoms with Crippen molar-refractivity contribution in [2.75, 3.05) is 6.54 Å². The van der Waals surface area contributed by atoms with Gasteiger partial charge in [-0.15, -0.1) is 0 Å². The van der Waals surface area contributed by atoms with Gasteiger partial charge in [0.15, 0.2) is 0 Å². The van der Waals surface area contributed by atoms with Crippen LogP contribution in [0.15, 0.2) is 24.3 Å². The number of rotatable bonds is 7. The van der Waals surface area contributed by atoms with Gasteiger partial charge in [0.1, 0.15) is 6.17 Å². The normalized spacial score (nSPS) is 22.0. The highest BCUT2D eigenvalue weighted by Crippen LogP contribution is 2.27. The monoisotopic (exact) mass is 288 g/mol. The average Bonchev–Trinajstić information content (AvgIpc) is 2.78. The van der Waals surface area contributed by atoms with Gasteiger partial charge in [-0.05, 0) is 25.3 Å². The minimum Gasteiger partial charge on any atom is -0.322 e. The Kier molecular flexibility index (Phi) is 5.80. The number of hydrogen-bond donors (Lipinski definition) is 1. The SMILES string of the molecule is CCCCCN1C(=O)C(CCC)NC1c1ccc(C)cc1. The molecule has 1 N–H and O–H groups in total. The topological polar surface area (TPSA) is 32.3 Å². The minimum absolute atomic E-state index is 0.0112. The first-order valence-electron chi connectivity index (χ1n) is 8.30. The minimum atomic E-state index is -0.0112. The first kappa shape index (κ1) is 16.0. The van der Waals surface area contributed by atoms with Gasteiger partial charge < -0.3 is 4.90 Å². The standard InChI is InChI=1S/C18H28N2O/c1-4-6-7-13-20-17(15-11-9-14(3)10-12-15)19-16(8-5-2)18(20)21/h9-12,16-17,19H,4-8,13H2,1-3H3. The second-order valence-electron chi connectivity index (χ2n) is 6.06. The molecule has 21 heavy (non-hydrogen) atoms. The Morgan fingerprint density at radius 2 is 1.81 bits per heavy atom.